The first-order valence-electron chi connectivity index (χ1n) is 4.40. The Kier molecular flexibility index (Phi) is 2.56. The van der Waals surface area contributed by atoms with Gasteiger partial charge in [-0.1, -0.05) is 15.9 Å². The first-order valence-corrected chi connectivity index (χ1v) is 5.19. The van der Waals surface area contributed by atoms with Gasteiger partial charge in [0.15, 0.2) is 0 Å². The molecule has 1 aliphatic heterocycles. The lowest BCUT2D eigenvalue weighted by atomic mass is 9.99. The van der Waals surface area contributed by atoms with Crippen molar-refractivity contribution in [1.29, 1.82) is 0 Å². The number of hydrogen-bond donors (Lipinski definition) is 1. The van der Waals surface area contributed by atoms with Gasteiger partial charge in [-0.05, 0) is 23.8 Å². The topological polar surface area (TPSA) is 52.3 Å². The number of ether oxygens (including phenoxy) is 1. The Bertz CT molecular complexity index is 378. The molecule has 74 valence electrons. The normalized spacial score (nSPS) is 20.1. The van der Waals surface area contributed by atoms with Gasteiger partial charge < -0.3 is 10.5 Å². The minimum atomic E-state index is -0.269. The molecule has 0 aromatic heterocycles. The summed E-state index contributed by atoms with van der Waals surface area (Å²) >= 11 is 3.37. The molecule has 1 aromatic carbocycles. The lowest BCUT2D eigenvalue weighted by molar-refractivity contribution is 0.0278. The summed E-state index contributed by atoms with van der Waals surface area (Å²) in [6.07, 6.45) is 0.529. The van der Waals surface area contributed by atoms with Crippen LogP contribution in [-0.4, -0.2) is 18.6 Å². The quantitative estimate of drug-likeness (QED) is 0.774. The molecule has 2 N–H and O–H groups in total. The number of hydrogen-bond acceptors (Lipinski definition) is 3. The van der Waals surface area contributed by atoms with E-state index in [1.807, 2.05) is 12.1 Å². The van der Waals surface area contributed by atoms with E-state index in [0.717, 1.165) is 10.0 Å². The van der Waals surface area contributed by atoms with E-state index in [4.69, 9.17) is 10.5 Å². The predicted octanol–water partition coefficient (Wildman–Crippen LogP) is 1.49. The largest absolute Gasteiger partial charge is 0.457 e. The molecular formula is C10H10BrNO2. The summed E-state index contributed by atoms with van der Waals surface area (Å²) < 4.78 is 6.10. The molecule has 0 fully saturated rings. The van der Waals surface area contributed by atoms with Gasteiger partial charge in [-0.15, -0.1) is 0 Å². The minimum Gasteiger partial charge on any atom is -0.457 e. The lowest BCUT2D eigenvalue weighted by Crippen LogP contribution is -2.33. The van der Waals surface area contributed by atoms with E-state index in [-0.39, 0.29) is 12.1 Å². The highest BCUT2D eigenvalue weighted by Crippen LogP contribution is 2.23. The Labute approximate surface area is 90.4 Å². The zero-order valence-electron chi connectivity index (χ0n) is 7.50. The maximum atomic E-state index is 11.5. The fraction of sp³-hybridized carbons (Fsp3) is 0.300. The molecule has 1 aromatic rings. The van der Waals surface area contributed by atoms with E-state index < -0.39 is 0 Å². The summed E-state index contributed by atoms with van der Waals surface area (Å²) in [5.41, 5.74) is 7.13. The molecule has 0 aliphatic carbocycles. The van der Waals surface area contributed by atoms with Crippen molar-refractivity contribution in [2.45, 2.75) is 12.5 Å². The van der Waals surface area contributed by atoms with Crippen LogP contribution in [0.1, 0.15) is 15.9 Å². The van der Waals surface area contributed by atoms with Crippen molar-refractivity contribution < 1.29 is 9.53 Å². The van der Waals surface area contributed by atoms with Crippen LogP contribution in [0.25, 0.3) is 0 Å². The summed E-state index contributed by atoms with van der Waals surface area (Å²) in [5.74, 6) is -0.269. The molecule has 0 amide bonds. The maximum Gasteiger partial charge on any atom is 0.338 e. The van der Waals surface area contributed by atoms with Gasteiger partial charge in [-0.25, -0.2) is 4.79 Å². The summed E-state index contributed by atoms with van der Waals surface area (Å²) in [6, 6.07) is 5.55. The average Bonchev–Trinajstić information content (AvgIpc) is 2.16. The molecule has 14 heavy (non-hydrogen) atoms. The number of halogens is 1. The van der Waals surface area contributed by atoms with Gasteiger partial charge in [0.1, 0.15) is 6.10 Å². The zero-order valence-corrected chi connectivity index (χ0v) is 9.08. The van der Waals surface area contributed by atoms with E-state index in [9.17, 15) is 4.79 Å². The summed E-state index contributed by atoms with van der Waals surface area (Å²) in [7, 11) is 0. The van der Waals surface area contributed by atoms with E-state index >= 15 is 0 Å². The van der Waals surface area contributed by atoms with Crippen LogP contribution >= 0.6 is 15.9 Å². The van der Waals surface area contributed by atoms with Gasteiger partial charge >= 0.3 is 5.97 Å². The number of cyclic esters (lactones) is 1. The standard InChI is InChI=1S/C10H10BrNO2/c11-7-1-2-9-6(3-7)4-8(5-12)14-10(9)13/h1-3,8H,4-5,12H2. The predicted molar refractivity (Wildman–Crippen MR) is 56.1 cm³/mol. The Hall–Kier alpha value is -0.870. The van der Waals surface area contributed by atoms with Crippen LogP contribution in [0.3, 0.4) is 0 Å². The summed E-state index contributed by atoms with van der Waals surface area (Å²) in [6.45, 7) is 0.373. The van der Waals surface area contributed by atoms with E-state index in [2.05, 4.69) is 15.9 Å². The highest BCUT2D eigenvalue weighted by atomic mass is 79.9. The molecule has 1 atom stereocenters. The first-order chi connectivity index (χ1) is 6.70. The molecule has 2 rings (SSSR count). The average molecular weight is 256 g/mol. The van der Waals surface area contributed by atoms with Crippen LogP contribution in [0.4, 0.5) is 0 Å². The number of esters is 1. The highest BCUT2D eigenvalue weighted by Gasteiger charge is 2.25. The summed E-state index contributed by atoms with van der Waals surface area (Å²) in [5, 5.41) is 0. The molecule has 4 heteroatoms. The monoisotopic (exact) mass is 255 g/mol. The number of rotatable bonds is 1. The highest BCUT2D eigenvalue weighted by molar-refractivity contribution is 9.10. The van der Waals surface area contributed by atoms with Gasteiger partial charge in [0.2, 0.25) is 0 Å². The Balaban J connectivity index is 2.40. The number of nitrogens with two attached hydrogens (primary N) is 1. The smallest absolute Gasteiger partial charge is 0.338 e. The fourth-order valence-electron chi connectivity index (χ4n) is 1.56. The van der Waals surface area contributed by atoms with Crippen molar-refractivity contribution >= 4 is 21.9 Å². The van der Waals surface area contributed by atoms with Gasteiger partial charge in [0.05, 0.1) is 5.56 Å². The number of benzene rings is 1. The summed E-state index contributed by atoms with van der Waals surface area (Å²) in [4.78, 5) is 11.5. The van der Waals surface area contributed by atoms with Crippen LogP contribution in [0.2, 0.25) is 0 Å². The molecule has 0 spiro atoms. The second kappa shape index (κ2) is 3.71. The molecule has 0 saturated carbocycles. The van der Waals surface area contributed by atoms with E-state index in [0.29, 0.717) is 18.5 Å². The third kappa shape index (κ3) is 1.67. The van der Waals surface area contributed by atoms with Crippen molar-refractivity contribution in [3.05, 3.63) is 33.8 Å². The Morgan fingerprint density at radius 2 is 2.36 bits per heavy atom. The Morgan fingerprint density at radius 1 is 1.57 bits per heavy atom. The molecular weight excluding hydrogens is 246 g/mol. The van der Waals surface area contributed by atoms with E-state index in [1.54, 1.807) is 6.07 Å². The molecule has 1 unspecified atom stereocenters. The van der Waals surface area contributed by atoms with Gasteiger partial charge in [-0.3, -0.25) is 0 Å². The van der Waals surface area contributed by atoms with Crippen molar-refractivity contribution in [3.8, 4) is 0 Å². The SMILES string of the molecule is NCC1Cc2cc(Br)ccc2C(=O)O1. The van der Waals surface area contributed by atoms with Crippen LogP contribution in [-0.2, 0) is 11.2 Å². The third-order valence-electron chi connectivity index (χ3n) is 2.27. The molecule has 1 heterocycles. The Morgan fingerprint density at radius 3 is 3.07 bits per heavy atom. The molecule has 3 nitrogen and oxygen atoms in total. The lowest BCUT2D eigenvalue weighted by Gasteiger charge is -2.23. The van der Waals surface area contributed by atoms with Crippen LogP contribution in [0.5, 0.6) is 0 Å². The molecule has 0 bridgehead atoms. The van der Waals surface area contributed by atoms with Crippen molar-refractivity contribution in [1.82, 2.24) is 0 Å². The van der Waals surface area contributed by atoms with Crippen molar-refractivity contribution in [2.24, 2.45) is 5.73 Å². The van der Waals surface area contributed by atoms with Gasteiger partial charge in [0, 0.05) is 17.4 Å². The minimum absolute atomic E-state index is 0.177. The maximum absolute atomic E-state index is 11.5. The van der Waals surface area contributed by atoms with Crippen LogP contribution < -0.4 is 5.73 Å². The molecule has 0 saturated heterocycles. The van der Waals surface area contributed by atoms with Crippen molar-refractivity contribution in [3.63, 3.8) is 0 Å². The van der Waals surface area contributed by atoms with Crippen molar-refractivity contribution in [2.75, 3.05) is 6.54 Å². The molecule has 1 aliphatic rings. The second-order valence-electron chi connectivity index (χ2n) is 3.27. The zero-order chi connectivity index (χ0) is 10.1. The van der Waals surface area contributed by atoms with Crippen LogP contribution in [0, 0.1) is 0 Å². The molecule has 0 radical (unpaired) electrons. The van der Waals surface area contributed by atoms with E-state index in [1.165, 1.54) is 0 Å². The van der Waals surface area contributed by atoms with Crippen LogP contribution in [0.15, 0.2) is 22.7 Å². The fourth-order valence-corrected chi connectivity index (χ4v) is 1.97. The second-order valence-corrected chi connectivity index (χ2v) is 4.18. The number of carbonyl (C=O) groups is 1. The number of carbonyl (C=O) groups excluding carboxylic acids is 1. The third-order valence-corrected chi connectivity index (χ3v) is 2.76. The number of fused-ring (bicyclic) bond motifs is 1. The van der Waals surface area contributed by atoms with Gasteiger partial charge in [-0.2, -0.15) is 0 Å². The first kappa shape index (κ1) is 9.68. The van der Waals surface area contributed by atoms with Gasteiger partial charge in [0.25, 0.3) is 0 Å².